The molecule has 1 rings (SSSR count). The number of benzene rings is 1. The second-order valence-electron chi connectivity index (χ2n) is 4.66. The summed E-state index contributed by atoms with van der Waals surface area (Å²) >= 11 is 0. The predicted molar refractivity (Wildman–Crippen MR) is 66.2 cm³/mol. The monoisotopic (exact) mass is 205 g/mol. The maximum atomic E-state index is 5.77. The molecule has 0 radical (unpaired) electrons. The van der Waals surface area contributed by atoms with E-state index in [0.717, 1.165) is 5.69 Å². The summed E-state index contributed by atoms with van der Waals surface area (Å²) in [5.41, 5.74) is 7.81. The van der Waals surface area contributed by atoms with Crippen molar-refractivity contribution >= 4 is 11.6 Å². The molecule has 3 heteroatoms. The van der Waals surface area contributed by atoms with Gasteiger partial charge in [0.2, 0.25) is 0 Å². The average molecular weight is 205 g/mol. The number of nitrogens with one attached hydrogen (secondary N) is 1. The van der Waals surface area contributed by atoms with Crippen LogP contribution in [-0.4, -0.2) is 11.5 Å². The molecule has 3 nitrogen and oxygen atoms in total. The van der Waals surface area contributed by atoms with Crippen molar-refractivity contribution in [1.82, 2.24) is 0 Å². The van der Waals surface area contributed by atoms with Crippen molar-refractivity contribution < 1.29 is 0 Å². The van der Waals surface area contributed by atoms with Gasteiger partial charge in [-0.3, -0.25) is 0 Å². The summed E-state index contributed by atoms with van der Waals surface area (Å²) in [5.74, 6) is 0.450. The highest BCUT2D eigenvalue weighted by molar-refractivity contribution is 5.92. The smallest absolute Gasteiger partial charge is 0.193 e. The average Bonchev–Trinajstić information content (AvgIpc) is 2.05. The van der Waals surface area contributed by atoms with E-state index < -0.39 is 0 Å². The van der Waals surface area contributed by atoms with Gasteiger partial charge in [-0.1, -0.05) is 17.7 Å². The highest BCUT2D eigenvalue weighted by Crippen LogP contribution is 2.10. The fraction of sp³-hybridized carbons (Fsp3) is 0.417. The topological polar surface area (TPSA) is 50.4 Å². The van der Waals surface area contributed by atoms with Crippen LogP contribution < -0.4 is 11.1 Å². The molecule has 0 aliphatic carbocycles. The lowest BCUT2D eigenvalue weighted by Crippen LogP contribution is -2.27. The lowest BCUT2D eigenvalue weighted by molar-refractivity contribution is 0.583. The molecule has 0 fully saturated rings. The number of aryl methyl sites for hydroxylation is 1. The summed E-state index contributed by atoms with van der Waals surface area (Å²) in [5, 5.41) is 3.05. The van der Waals surface area contributed by atoms with Crippen LogP contribution in [0.25, 0.3) is 0 Å². The first-order valence-corrected chi connectivity index (χ1v) is 5.06. The molecular weight excluding hydrogens is 186 g/mol. The van der Waals surface area contributed by atoms with Crippen molar-refractivity contribution in [1.29, 1.82) is 0 Å². The van der Waals surface area contributed by atoms with E-state index in [-0.39, 0.29) is 5.54 Å². The zero-order valence-electron chi connectivity index (χ0n) is 9.83. The van der Waals surface area contributed by atoms with E-state index >= 15 is 0 Å². The van der Waals surface area contributed by atoms with Crippen LogP contribution in [0.2, 0.25) is 0 Å². The molecule has 82 valence electrons. The summed E-state index contributed by atoms with van der Waals surface area (Å²) in [7, 11) is 0. The number of guanidine groups is 1. The van der Waals surface area contributed by atoms with Gasteiger partial charge in [-0.25, -0.2) is 4.99 Å². The third-order valence-electron chi connectivity index (χ3n) is 1.78. The van der Waals surface area contributed by atoms with E-state index in [1.165, 1.54) is 5.56 Å². The second kappa shape index (κ2) is 4.34. The zero-order valence-corrected chi connectivity index (χ0v) is 9.83. The van der Waals surface area contributed by atoms with Crippen LogP contribution in [0, 0.1) is 6.92 Å². The molecule has 0 aliphatic rings. The maximum Gasteiger partial charge on any atom is 0.193 e. The van der Waals surface area contributed by atoms with Gasteiger partial charge in [0.15, 0.2) is 5.96 Å². The first-order chi connectivity index (χ1) is 6.87. The normalized spacial score (nSPS) is 12.7. The first-order valence-electron chi connectivity index (χ1n) is 5.06. The van der Waals surface area contributed by atoms with Gasteiger partial charge >= 0.3 is 0 Å². The molecule has 0 aliphatic heterocycles. The molecule has 0 saturated carbocycles. The number of aliphatic imine (C=N–C) groups is 1. The van der Waals surface area contributed by atoms with Crippen LogP contribution in [0.4, 0.5) is 5.69 Å². The van der Waals surface area contributed by atoms with Crippen molar-refractivity contribution in [2.75, 3.05) is 5.32 Å². The van der Waals surface area contributed by atoms with Crippen LogP contribution in [0.3, 0.4) is 0 Å². The van der Waals surface area contributed by atoms with Crippen molar-refractivity contribution in [3.63, 3.8) is 0 Å². The molecule has 0 heterocycles. The number of nitrogens with zero attached hydrogens (tertiary/aromatic N) is 1. The zero-order chi connectivity index (χ0) is 11.5. The van der Waals surface area contributed by atoms with E-state index in [9.17, 15) is 0 Å². The quantitative estimate of drug-likeness (QED) is 0.546. The van der Waals surface area contributed by atoms with E-state index in [1.807, 2.05) is 45.0 Å². The lowest BCUT2D eigenvalue weighted by atomic mass is 10.1. The highest BCUT2D eigenvalue weighted by Gasteiger charge is 2.07. The molecule has 0 saturated heterocycles. The minimum absolute atomic E-state index is 0.151. The number of nitrogens with two attached hydrogens (primary N) is 1. The summed E-state index contributed by atoms with van der Waals surface area (Å²) < 4.78 is 0. The molecule has 0 bridgehead atoms. The maximum absolute atomic E-state index is 5.77. The van der Waals surface area contributed by atoms with Gasteiger partial charge in [0.1, 0.15) is 0 Å². The van der Waals surface area contributed by atoms with Gasteiger partial charge < -0.3 is 11.1 Å². The summed E-state index contributed by atoms with van der Waals surface area (Å²) in [6, 6.07) is 8.04. The third-order valence-corrected chi connectivity index (χ3v) is 1.78. The number of hydrogen-bond acceptors (Lipinski definition) is 1. The van der Waals surface area contributed by atoms with Crippen LogP contribution in [0.5, 0.6) is 0 Å². The number of anilines is 1. The molecule has 0 unspecified atom stereocenters. The lowest BCUT2D eigenvalue weighted by Gasteiger charge is -2.14. The van der Waals surface area contributed by atoms with Crippen molar-refractivity contribution in [2.24, 2.45) is 10.7 Å². The Morgan fingerprint density at radius 1 is 1.20 bits per heavy atom. The van der Waals surface area contributed by atoms with Gasteiger partial charge in [-0.15, -0.1) is 0 Å². The van der Waals surface area contributed by atoms with Gasteiger partial charge in [0.25, 0.3) is 0 Å². The van der Waals surface area contributed by atoms with Crippen LogP contribution in [0.1, 0.15) is 26.3 Å². The Morgan fingerprint density at radius 3 is 2.20 bits per heavy atom. The Morgan fingerprint density at radius 2 is 1.73 bits per heavy atom. The summed E-state index contributed by atoms with van der Waals surface area (Å²) in [4.78, 5) is 4.31. The SMILES string of the molecule is Cc1ccc(NC(N)=NC(C)(C)C)cc1. The molecule has 0 spiro atoms. The van der Waals surface area contributed by atoms with Crippen molar-refractivity contribution in [3.8, 4) is 0 Å². The Hall–Kier alpha value is -1.51. The first kappa shape index (κ1) is 11.6. The third kappa shape index (κ3) is 4.49. The largest absolute Gasteiger partial charge is 0.370 e. The van der Waals surface area contributed by atoms with Gasteiger partial charge in [-0.2, -0.15) is 0 Å². The fourth-order valence-electron chi connectivity index (χ4n) is 1.17. The standard InChI is InChI=1S/C12H19N3/c1-9-5-7-10(8-6-9)14-11(13)15-12(2,3)4/h5-8H,1-4H3,(H3,13,14,15). The molecule has 3 N–H and O–H groups in total. The predicted octanol–water partition coefficient (Wildman–Crippen LogP) is 2.52. The highest BCUT2D eigenvalue weighted by atomic mass is 15.1. The Bertz CT molecular complexity index is 344. The second-order valence-corrected chi connectivity index (χ2v) is 4.66. The minimum atomic E-state index is -0.151. The Balaban J connectivity index is 2.70. The molecule has 0 atom stereocenters. The summed E-state index contributed by atoms with van der Waals surface area (Å²) in [6.07, 6.45) is 0. The fourth-order valence-corrected chi connectivity index (χ4v) is 1.17. The van der Waals surface area contributed by atoms with E-state index in [2.05, 4.69) is 17.2 Å². The van der Waals surface area contributed by atoms with Gasteiger partial charge in [0.05, 0.1) is 5.54 Å². The van der Waals surface area contributed by atoms with E-state index in [1.54, 1.807) is 0 Å². The van der Waals surface area contributed by atoms with Crippen molar-refractivity contribution in [2.45, 2.75) is 33.2 Å². The molecule has 0 aromatic heterocycles. The van der Waals surface area contributed by atoms with Crippen LogP contribution >= 0.6 is 0 Å². The number of rotatable bonds is 1. The molecule has 1 aromatic rings. The minimum Gasteiger partial charge on any atom is -0.370 e. The van der Waals surface area contributed by atoms with Crippen molar-refractivity contribution in [3.05, 3.63) is 29.8 Å². The Labute approximate surface area is 91.4 Å². The van der Waals surface area contributed by atoms with E-state index in [4.69, 9.17) is 5.73 Å². The van der Waals surface area contributed by atoms with Gasteiger partial charge in [-0.05, 0) is 39.8 Å². The Kier molecular flexibility index (Phi) is 3.35. The summed E-state index contributed by atoms with van der Waals surface area (Å²) in [6.45, 7) is 8.08. The molecule has 15 heavy (non-hydrogen) atoms. The molecular formula is C12H19N3. The van der Waals surface area contributed by atoms with Crippen LogP contribution in [-0.2, 0) is 0 Å². The van der Waals surface area contributed by atoms with Crippen LogP contribution in [0.15, 0.2) is 29.3 Å². The molecule has 0 amide bonds. The van der Waals surface area contributed by atoms with Gasteiger partial charge in [0, 0.05) is 5.69 Å². The molecule has 1 aromatic carbocycles. The van der Waals surface area contributed by atoms with E-state index in [0.29, 0.717) is 5.96 Å². The number of hydrogen-bond donors (Lipinski definition) is 2.